The highest BCUT2D eigenvalue weighted by Gasteiger charge is 2.43. The minimum atomic E-state index is -0.975. The van der Waals surface area contributed by atoms with Gasteiger partial charge in [0.25, 0.3) is 0 Å². The maximum absolute atomic E-state index is 13.4. The zero-order chi connectivity index (χ0) is 30.0. The number of benzene rings is 4. The highest BCUT2D eigenvalue weighted by Crippen LogP contribution is 2.59. The number of methoxy groups -OCH3 is 1. The van der Waals surface area contributed by atoms with Gasteiger partial charge in [0, 0.05) is 23.3 Å². The molecule has 0 saturated carbocycles. The molecule has 2 atom stereocenters. The third-order valence-corrected chi connectivity index (χ3v) is 7.42. The Morgan fingerprint density at radius 2 is 1.43 bits per heavy atom. The second-order valence-corrected chi connectivity index (χ2v) is 9.96. The first-order valence-electron chi connectivity index (χ1n) is 12.6. The van der Waals surface area contributed by atoms with Crippen molar-refractivity contribution in [3.8, 4) is 63.1 Å². The molecule has 214 valence electrons. The average Bonchev–Trinajstić information content (AvgIpc) is 3.35. The third kappa shape index (κ3) is 3.93. The first-order chi connectivity index (χ1) is 20.0. The number of hydrogen-bond donors (Lipinski definition) is 7. The second-order valence-electron chi connectivity index (χ2n) is 9.96. The zero-order valence-corrected chi connectivity index (χ0v) is 22.1. The summed E-state index contributed by atoms with van der Waals surface area (Å²) < 4.78 is 17.4. The van der Waals surface area contributed by atoms with Gasteiger partial charge in [0.15, 0.2) is 17.3 Å². The van der Waals surface area contributed by atoms with Crippen LogP contribution in [0.5, 0.6) is 51.7 Å². The van der Waals surface area contributed by atoms with Crippen molar-refractivity contribution in [3.05, 3.63) is 87.1 Å². The van der Waals surface area contributed by atoms with Gasteiger partial charge in [0.2, 0.25) is 11.2 Å². The number of ether oxygens (including phenoxy) is 2. The molecule has 0 unspecified atom stereocenters. The number of aromatic hydroxyl groups is 7. The van der Waals surface area contributed by atoms with E-state index in [1.165, 1.54) is 38.3 Å². The number of fused-ring (bicyclic) bond motifs is 2. The Balaban J connectivity index is 1.64. The number of rotatable bonds is 4. The molecule has 0 radical (unpaired) electrons. The molecule has 42 heavy (non-hydrogen) atoms. The van der Waals surface area contributed by atoms with E-state index in [4.69, 9.17) is 13.9 Å². The van der Waals surface area contributed by atoms with Crippen LogP contribution in [0.3, 0.4) is 0 Å². The van der Waals surface area contributed by atoms with E-state index in [9.17, 15) is 40.5 Å². The van der Waals surface area contributed by atoms with Crippen LogP contribution in [-0.4, -0.2) is 42.9 Å². The first-order valence-corrected chi connectivity index (χ1v) is 12.6. The van der Waals surface area contributed by atoms with Crippen LogP contribution >= 0.6 is 0 Å². The molecule has 1 aliphatic heterocycles. The lowest BCUT2D eigenvalue weighted by atomic mass is 9.83. The summed E-state index contributed by atoms with van der Waals surface area (Å²) in [6.45, 7) is 1.42. The van der Waals surface area contributed by atoms with E-state index < -0.39 is 34.7 Å². The molecule has 0 saturated heterocycles. The van der Waals surface area contributed by atoms with Crippen molar-refractivity contribution in [2.24, 2.45) is 0 Å². The van der Waals surface area contributed by atoms with Crippen molar-refractivity contribution >= 4 is 11.0 Å². The largest absolute Gasteiger partial charge is 0.508 e. The van der Waals surface area contributed by atoms with Gasteiger partial charge in [-0.3, -0.25) is 4.79 Å². The van der Waals surface area contributed by atoms with E-state index in [2.05, 4.69) is 0 Å². The van der Waals surface area contributed by atoms with E-state index in [1.54, 1.807) is 12.1 Å². The normalized spacial score (nSPS) is 15.9. The van der Waals surface area contributed by atoms with Crippen LogP contribution in [0.25, 0.3) is 22.3 Å². The van der Waals surface area contributed by atoms with Crippen molar-refractivity contribution in [1.82, 2.24) is 0 Å². The summed E-state index contributed by atoms with van der Waals surface area (Å²) in [5.74, 6) is -3.86. The Hall–Kier alpha value is -5.71. The molecule has 0 fully saturated rings. The van der Waals surface area contributed by atoms with Gasteiger partial charge in [-0.05, 0) is 42.8 Å². The van der Waals surface area contributed by atoms with Gasteiger partial charge in [-0.25, -0.2) is 0 Å². The summed E-state index contributed by atoms with van der Waals surface area (Å²) in [4.78, 5) is 13.4. The quantitative estimate of drug-likeness (QED) is 0.144. The summed E-state index contributed by atoms with van der Waals surface area (Å²) in [5.41, 5.74) is -0.151. The second kappa shape index (κ2) is 9.44. The van der Waals surface area contributed by atoms with E-state index in [1.807, 2.05) is 0 Å². The topological polar surface area (TPSA) is 190 Å². The highest BCUT2D eigenvalue weighted by molar-refractivity contribution is 5.91. The smallest absolute Gasteiger partial charge is 0.239 e. The van der Waals surface area contributed by atoms with Gasteiger partial charge in [0.1, 0.15) is 51.6 Å². The lowest BCUT2D eigenvalue weighted by Crippen LogP contribution is -2.11. The average molecular weight is 573 g/mol. The van der Waals surface area contributed by atoms with Crippen LogP contribution in [0, 0.1) is 6.92 Å². The molecule has 6 rings (SSSR count). The molecule has 11 nitrogen and oxygen atoms in total. The Morgan fingerprint density at radius 3 is 2.07 bits per heavy atom. The van der Waals surface area contributed by atoms with Crippen LogP contribution < -0.4 is 14.9 Å². The van der Waals surface area contributed by atoms with Crippen molar-refractivity contribution in [2.75, 3.05) is 7.11 Å². The maximum Gasteiger partial charge on any atom is 0.239 e. The van der Waals surface area contributed by atoms with Crippen LogP contribution in [0.2, 0.25) is 0 Å². The SMILES string of the molecule is COc1c(-c2cc(O)c3c(c2O)[C@@H](c2ccc(O)cc2)[C@H](c2cc(O)cc(O)c2)O3)oc2cc(O)c(C)c(O)c2c1=O. The molecule has 1 aliphatic rings. The van der Waals surface area contributed by atoms with E-state index in [-0.39, 0.29) is 67.9 Å². The molecule has 1 aromatic heterocycles. The number of hydrogen-bond acceptors (Lipinski definition) is 11. The first kappa shape index (κ1) is 26.5. The van der Waals surface area contributed by atoms with Gasteiger partial charge >= 0.3 is 0 Å². The summed E-state index contributed by atoms with van der Waals surface area (Å²) >= 11 is 0. The van der Waals surface area contributed by atoms with Gasteiger partial charge < -0.3 is 49.6 Å². The van der Waals surface area contributed by atoms with E-state index in [0.29, 0.717) is 11.1 Å². The Labute approximate surface area is 236 Å². The molecule has 5 aromatic rings. The van der Waals surface area contributed by atoms with Crippen molar-refractivity contribution in [1.29, 1.82) is 0 Å². The minimum absolute atomic E-state index is 0.0188. The van der Waals surface area contributed by atoms with Gasteiger partial charge in [-0.1, -0.05) is 12.1 Å². The van der Waals surface area contributed by atoms with Crippen molar-refractivity contribution in [2.45, 2.75) is 18.9 Å². The van der Waals surface area contributed by atoms with Gasteiger partial charge in [0.05, 0.1) is 24.2 Å². The Morgan fingerprint density at radius 1 is 0.762 bits per heavy atom. The summed E-state index contributed by atoms with van der Waals surface area (Å²) in [7, 11) is 1.20. The molecule has 0 spiro atoms. The maximum atomic E-state index is 13.4. The van der Waals surface area contributed by atoms with Gasteiger partial charge in [-0.2, -0.15) is 0 Å². The number of phenols is 7. The Bertz CT molecular complexity index is 1940. The molecule has 0 amide bonds. The van der Waals surface area contributed by atoms with Crippen LogP contribution in [0.4, 0.5) is 0 Å². The lowest BCUT2D eigenvalue weighted by Gasteiger charge is -2.21. The Kier molecular flexibility index (Phi) is 5.96. The van der Waals surface area contributed by atoms with Crippen LogP contribution in [0.1, 0.15) is 34.3 Å². The summed E-state index contributed by atoms with van der Waals surface area (Å²) in [6.07, 6.45) is -0.975. The highest BCUT2D eigenvalue weighted by atomic mass is 16.5. The predicted molar refractivity (Wildman–Crippen MR) is 149 cm³/mol. The monoisotopic (exact) mass is 572 g/mol. The zero-order valence-electron chi connectivity index (χ0n) is 22.1. The lowest BCUT2D eigenvalue weighted by molar-refractivity contribution is 0.214. The standard InChI is InChI=1S/C31H24O11/c1-12-19(35)11-21-23(25(12)37)27(39)31(40-2)29(41-21)18-10-20(36)30-24(26(18)38)22(13-3-5-15(32)6-4-13)28(42-30)14-7-16(33)9-17(34)8-14/h3-11,22,28,32-38H,1-2H3/t22-,28+/m1/s1. The molecule has 4 aromatic carbocycles. The fraction of sp³-hybridized carbons (Fsp3) is 0.129. The molecule has 11 heteroatoms. The third-order valence-electron chi connectivity index (χ3n) is 7.42. The van der Waals surface area contributed by atoms with Crippen LogP contribution in [-0.2, 0) is 0 Å². The van der Waals surface area contributed by atoms with E-state index in [0.717, 1.165) is 18.2 Å². The fourth-order valence-corrected chi connectivity index (χ4v) is 5.42. The molecular weight excluding hydrogens is 548 g/mol. The predicted octanol–water partition coefficient (Wildman–Crippen LogP) is 4.98. The van der Waals surface area contributed by atoms with Crippen molar-refractivity contribution in [3.63, 3.8) is 0 Å². The fourth-order valence-electron chi connectivity index (χ4n) is 5.42. The van der Waals surface area contributed by atoms with Crippen molar-refractivity contribution < 1.29 is 49.6 Å². The summed E-state index contributed by atoms with van der Waals surface area (Å²) in [5, 5.41) is 73.6. The molecular formula is C31H24O11. The molecule has 7 N–H and O–H groups in total. The van der Waals surface area contributed by atoms with Crippen LogP contribution in [0.15, 0.2) is 63.8 Å². The minimum Gasteiger partial charge on any atom is -0.508 e. The number of phenolic OH excluding ortho intramolecular Hbond substituents is 7. The molecule has 0 bridgehead atoms. The summed E-state index contributed by atoms with van der Waals surface area (Å²) in [6, 6.07) is 12.2. The molecule has 2 heterocycles. The molecule has 0 aliphatic carbocycles. The van der Waals surface area contributed by atoms with Gasteiger partial charge in [-0.15, -0.1) is 0 Å². The van der Waals surface area contributed by atoms with E-state index >= 15 is 0 Å².